The molecule has 1 aromatic heterocycles. The SMILES string of the molecule is CCOC(=O)Cc1ncc(C)c(F)c1C(F)F. The number of esters is 1. The number of carbonyl (C=O) groups is 1. The third kappa shape index (κ3) is 3.18. The fourth-order valence-corrected chi connectivity index (χ4v) is 1.35. The lowest BCUT2D eigenvalue weighted by molar-refractivity contribution is -0.142. The van der Waals surface area contributed by atoms with Gasteiger partial charge in [-0.25, -0.2) is 13.2 Å². The third-order valence-corrected chi connectivity index (χ3v) is 2.14. The van der Waals surface area contributed by atoms with E-state index in [1.54, 1.807) is 6.92 Å². The predicted molar refractivity (Wildman–Crippen MR) is 54.2 cm³/mol. The number of aryl methyl sites for hydroxylation is 1. The lowest BCUT2D eigenvalue weighted by Gasteiger charge is -2.10. The number of aromatic nitrogens is 1. The number of alkyl halides is 2. The smallest absolute Gasteiger partial charge is 0.311 e. The zero-order chi connectivity index (χ0) is 13.0. The maximum atomic E-state index is 13.5. The second-order valence-electron chi connectivity index (χ2n) is 3.40. The van der Waals surface area contributed by atoms with Crippen molar-refractivity contribution in [1.29, 1.82) is 0 Å². The third-order valence-electron chi connectivity index (χ3n) is 2.14. The number of halogens is 3. The predicted octanol–water partition coefficient (Wildman–Crippen LogP) is 2.57. The van der Waals surface area contributed by atoms with Gasteiger partial charge in [-0.3, -0.25) is 9.78 Å². The lowest BCUT2D eigenvalue weighted by atomic mass is 10.1. The molecule has 0 bridgehead atoms. The van der Waals surface area contributed by atoms with Gasteiger partial charge in [0.2, 0.25) is 0 Å². The maximum Gasteiger partial charge on any atom is 0.311 e. The summed E-state index contributed by atoms with van der Waals surface area (Å²) < 4.78 is 43.4. The second-order valence-corrected chi connectivity index (χ2v) is 3.40. The van der Waals surface area contributed by atoms with Gasteiger partial charge in [0.1, 0.15) is 5.82 Å². The molecular weight excluding hydrogens is 235 g/mol. The first-order valence-corrected chi connectivity index (χ1v) is 5.05. The highest BCUT2D eigenvalue weighted by molar-refractivity contribution is 5.72. The van der Waals surface area contributed by atoms with E-state index in [1.165, 1.54) is 6.92 Å². The van der Waals surface area contributed by atoms with Crippen molar-refractivity contribution in [3.8, 4) is 0 Å². The van der Waals surface area contributed by atoms with Gasteiger partial charge in [-0.2, -0.15) is 0 Å². The van der Waals surface area contributed by atoms with Gasteiger partial charge in [-0.1, -0.05) is 0 Å². The van der Waals surface area contributed by atoms with Gasteiger partial charge in [-0.05, 0) is 13.8 Å². The van der Waals surface area contributed by atoms with E-state index >= 15 is 0 Å². The van der Waals surface area contributed by atoms with Crippen LogP contribution in [0.4, 0.5) is 13.2 Å². The molecule has 0 aliphatic heterocycles. The van der Waals surface area contributed by atoms with E-state index in [-0.39, 0.29) is 17.9 Å². The molecule has 6 heteroatoms. The summed E-state index contributed by atoms with van der Waals surface area (Å²) in [5.74, 6) is -1.72. The van der Waals surface area contributed by atoms with E-state index in [1.807, 2.05) is 0 Å². The van der Waals surface area contributed by atoms with Crippen LogP contribution >= 0.6 is 0 Å². The average Bonchev–Trinajstić information content (AvgIpc) is 2.23. The molecule has 0 aliphatic rings. The molecule has 0 amide bonds. The minimum Gasteiger partial charge on any atom is -0.466 e. The van der Waals surface area contributed by atoms with Crippen LogP contribution in [0.1, 0.15) is 30.2 Å². The molecule has 0 spiro atoms. The van der Waals surface area contributed by atoms with Gasteiger partial charge >= 0.3 is 5.97 Å². The molecule has 0 aliphatic carbocycles. The first kappa shape index (κ1) is 13.5. The van der Waals surface area contributed by atoms with Crippen molar-refractivity contribution in [2.24, 2.45) is 0 Å². The highest BCUT2D eigenvalue weighted by atomic mass is 19.3. The van der Waals surface area contributed by atoms with Gasteiger partial charge in [-0.15, -0.1) is 0 Å². The number of hydrogen-bond donors (Lipinski definition) is 0. The van der Waals surface area contributed by atoms with Crippen molar-refractivity contribution < 1.29 is 22.7 Å². The number of carbonyl (C=O) groups excluding carboxylic acids is 1. The fourth-order valence-electron chi connectivity index (χ4n) is 1.35. The fraction of sp³-hybridized carbons (Fsp3) is 0.455. The lowest BCUT2D eigenvalue weighted by Crippen LogP contribution is -2.13. The van der Waals surface area contributed by atoms with E-state index in [2.05, 4.69) is 9.72 Å². The Balaban J connectivity index is 3.07. The van der Waals surface area contributed by atoms with Crippen molar-refractivity contribution in [3.63, 3.8) is 0 Å². The van der Waals surface area contributed by atoms with Crippen LogP contribution in [-0.2, 0) is 16.0 Å². The highest BCUT2D eigenvalue weighted by Gasteiger charge is 2.23. The summed E-state index contributed by atoms with van der Waals surface area (Å²) in [6.07, 6.45) is -2.34. The number of rotatable bonds is 4. The molecule has 0 radical (unpaired) electrons. The van der Waals surface area contributed by atoms with Crippen LogP contribution in [0.25, 0.3) is 0 Å². The summed E-state index contributed by atoms with van der Waals surface area (Å²) in [5.41, 5.74) is -1.08. The van der Waals surface area contributed by atoms with Crippen molar-refractivity contribution in [3.05, 3.63) is 28.8 Å². The van der Waals surface area contributed by atoms with E-state index in [0.29, 0.717) is 0 Å². The van der Waals surface area contributed by atoms with Crippen molar-refractivity contribution in [1.82, 2.24) is 4.98 Å². The molecular formula is C11H12F3NO2. The van der Waals surface area contributed by atoms with Crippen LogP contribution < -0.4 is 0 Å². The molecule has 0 atom stereocenters. The van der Waals surface area contributed by atoms with Crippen LogP contribution in [0.3, 0.4) is 0 Å². The summed E-state index contributed by atoms with van der Waals surface area (Å²) in [6.45, 7) is 3.06. The van der Waals surface area contributed by atoms with Crippen molar-refractivity contribution in [2.45, 2.75) is 26.7 Å². The molecule has 0 aromatic carbocycles. The molecule has 0 N–H and O–H groups in total. The van der Waals surface area contributed by atoms with Gasteiger partial charge in [0, 0.05) is 11.8 Å². The molecule has 0 saturated carbocycles. The normalized spacial score (nSPS) is 10.7. The van der Waals surface area contributed by atoms with Gasteiger partial charge in [0.25, 0.3) is 6.43 Å². The zero-order valence-corrected chi connectivity index (χ0v) is 9.47. The number of hydrogen-bond acceptors (Lipinski definition) is 3. The van der Waals surface area contributed by atoms with Gasteiger partial charge in [0.15, 0.2) is 0 Å². The molecule has 1 aromatic rings. The summed E-state index contributed by atoms with van der Waals surface area (Å²) in [6, 6.07) is 0. The molecule has 0 saturated heterocycles. The van der Waals surface area contributed by atoms with Crippen molar-refractivity contribution in [2.75, 3.05) is 6.61 Å². The Hall–Kier alpha value is -1.59. The van der Waals surface area contributed by atoms with Crippen LogP contribution in [0.2, 0.25) is 0 Å². The molecule has 94 valence electrons. The minimum absolute atomic E-state index is 0.0212. The van der Waals surface area contributed by atoms with Crippen LogP contribution in [-0.4, -0.2) is 17.6 Å². The maximum absolute atomic E-state index is 13.5. The first-order valence-electron chi connectivity index (χ1n) is 5.05. The Morgan fingerprint density at radius 3 is 2.71 bits per heavy atom. The minimum atomic E-state index is -3.01. The molecule has 1 heterocycles. The van der Waals surface area contributed by atoms with Crippen LogP contribution in [0.15, 0.2) is 6.20 Å². The molecule has 3 nitrogen and oxygen atoms in total. The summed E-state index contributed by atoms with van der Waals surface area (Å²) in [5, 5.41) is 0. The number of ether oxygens (including phenoxy) is 1. The zero-order valence-electron chi connectivity index (χ0n) is 9.47. The van der Waals surface area contributed by atoms with Gasteiger partial charge in [0.05, 0.1) is 24.3 Å². The standard InChI is InChI=1S/C11H12F3NO2/c1-3-17-8(16)4-7-9(11(13)14)10(12)6(2)5-15-7/h5,11H,3-4H2,1-2H3. The molecule has 0 unspecified atom stereocenters. The Kier molecular flexibility index (Phi) is 4.48. The second kappa shape index (κ2) is 5.65. The monoisotopic (exact) mass is 247 g/mol. The number of pyridine rings is 1. The first-order chi connectivity index (χ1) is 7.97. The number of nitrogens with zero attached hydrogens (tertiary/aromatic N) is 1. The van der Waals surface area contributed by atoms with Crippen molar-refractivity contribution >= 4 is 5.97 Å². The molecule has 17 heavy (non-hydrogen) atoms. The van der Waals surface area contributed by atoms with Gasteiger partial charge < -0.3 is 4.74 Å². The van der Waals surface area contributed by atoms with E-state index < -0.39 is 30.2 Å². The largest absolute Gasteiger partial charge is 0.466 e. The summed E-state index contributed by atoms with van der Waals surface area (Å²) >= 11 is 0. The topological polar surface area (TPSA) is 39.2 Å². The summed E-state index contributed by atoms with van der Waals surface area (Å²) in [7, 11) is 0. The average molecular weight is 247 g/mol. The van der Waals surface area contributed by atoms with E-state index in [9.17, 15) is 18.0 Å². The van der Waals surface area contributed by atoms with E-state index in [4.69, 9.17) is 0 Å². The molecule has 1 rings (SSSR count). The molecule has 0 fully saturated rings. The van der Waals surface area contributed by atoms with Crippen LogP contribution in [0.5, 0.6) is 0 Å². The van der Waals surface area contributed by atoms with E-state index in [0.717, 1.165) is 6.20 Å². The Morgan fingerprint density at radius 2 is 2.18 bits per heavy atom. The summed E-state index contributed by atoms with van der Waals surface area (Å²) in [4.78, 5) is 14.8. The van der Waals surface area contributed by atoms with Crippen LogP contribution in [0, 0.1) is 12.7 Å². The Morgan fingerprint density at radius 1 is 1.53 bits per heavy atom. The highest BCUT2D eigenvalue weighted by Crippen LogP contribution is 2.26. The Labute approximate surface area is 96.6 Å². The Bertz CT molecular complexity index is 421. The quantitative estimate of drug-likeness (QED) is 0.767.